The van der Waals surface area contributed by atoms with Crippen LogP contribution in [-0.4, -0.2) is 68.7 Å². The molecular weight excluding hydrogens is 388 g/mol. The van der Waals surface area contributed by atoms with Crippen LogP contribution in [0.4, 0.5) is 0 Å². The Hall–Kier alpha value is -2.58. The zero-order valence-corrected chi connectivity index (χ0v) is 17.5. The summed E-state index contributed by atoms with van der Waals surface area (Å²) in [4.78, 5) is 23.2. The molecule has 0 amide bonds. The van der Waals surface area contributed by atoms with E-state index in [-0.39, 0.29) is 12.4 Å². The number of aliphatic hydroxyl groups is 1. The van der Waals surface area contributed by atoms with Gasteiger partial charge in [-0.1, -0.05) is 48.5 Å². The number of aliphatic hydroxyl groups excluding tert-OH is 1. The van der Waals surface area contributed by atoms with E-state index in [1.807, 2.05) is 6.07 Å². The number of ether oxygens (including phenoxy) is 3. The maximum absolute atomic E-state index is 12.2. The third kappa shape index (κ3) is 9.76. The van der Waals surface area contributed by atoms with Gasteiger partial charge in [-0.15, -0.1) is 0 Å². The summed E-state index contributed by atoms with van der Waals surface area (Å²) in [5.41, 5.74) is 1.74. The lowest BCUT2D eigenvalue weighted by Crippen LogP contribution is -2.09. The summed E-state index contributed by atoms with van der Waals surface area (Å²) in [7, 11) is 1.63. The molecule has 164 valence electrons. The predicted octanol–water partition coefficient (Wildman–Crippen LogP) is 2.76. The minimum Gasteiger partial charge on any atom is -0.481 e. The Labute approximate surface area is 177 Å². The zero-order chi connectivity index (χ0) is 22.2. The van der Waals surface area contributed by atoms with Crippen LogP contribution in [0.15, 0.2) is 54.6 Å². The topological polar surface area (TPSA) is 102 Å². The number of benzene rings is 2. The van der Waals surface area contributed by atoms with E-state index >= 15 is 0 Å². The van der Waals surface area contributed by atoms with Crippen LogP contribution in [0.25, 0.3) is 0 Å². The third-order valence-electron chi connectivity index (χ3n) is 4.09. The Morgan fingerprint density at radius 3 is 2.07 bits per heavy atom. The van der Waals surface area contributed by atoms with Gasteiger partial charge >= 0.3 is 5.97 Å². The van der Waals surface area contributed by atoms with Crippen LogP contribution in [0.1, 0.15) is 34.3 Å². The largest absolute Gasteiger partial charge is 0.481 e. The minimum absolute atomic E-state index is 0.0675. The van der Waals surface area contributed by atoms with E-state index in [1.54, 1.807) is 62.6 Å². The van der Waals surface area contributed by atoms with E-state index in [1.165, 1.54) is 0 Å². The predicted molar refractivity (Wildman–Crippen MR) is 113 cm³/mol. The lowest BCUT2D eigenvalue weighted by Gasteiger charge is -2.08. The van der Waals surface area contributed by atoms with E-state index in [2.05, 4.69) is 0 Å². The average molecular weight is 418 g/mol. The van der Waals surface area contributed by atoms with Gasteiger partial charge in [-0.05, 0) is 18.6 Å². The maximum atomic E-state index is 12.2. The van der Waals surface area contributed by atoms with E-state index in [0.29, 0.717) is 49.7 Å². The number of hydrogen-bond acceptors (Lipinski definition) is 6. The summed E-state index contributed by atoms with van der Waals surface area (Å²) < 4.78 is 14.8. The molecule has 2 aromatic rings. The quantitative estimate of drug-likeness (QED) is 0.404. The van der Waals surface area contributed by atoms with Gasteiger partial charge in [0.05, 0.1) is 45.6 Å². The van der Waals surface area contributed by atoms with Crippen molar-refractivity contribution in [2.75, 3.05) is 46.8 Å². The first-order valence-corrected chi connectivity index (χ1v) is 9.69. The van der Waals surface area contributed by atoms with Crippen LogP contribution in [0.2, 0.25) is 0 Å². The molecule has 0 aromatic heterocycles. The second-order valence-electron chi connectivity index (χ2n) is 6.32. The van der Waals surface area contributed by atoms with Crippen molar-refractivity contribution in [3.8, 4) is 0 Å². The fourth-order valence-corrected chi connectivity index (χ4v) is 2.38. The van der Waals surface area contributed by atoms with E-state index in [4.69, 9.17) is 24.4 Å². The summed E-state index contributed by atoms with van der Waals surface area (Å²) in [5, 5.41) is 17.3. The summed E-state index contributed by atoms with van der Waals surface area (Å²) in [6.45, 7) is 4.35. The molecule has 7 heteroatoms. The van der Waals surface area contributed by atoms with Crippen LogP contribution in [0, 0.1) is 0 Å². The number of carbonyl (C=O) groups excluding carboxylic acids is 1. The molecule has 0 saturated carbocycles. The molecule has 2 rings (SSSR count). The van der Waals surface area contributed by atoms with Crippen molar-refractivity contribution in [1.82, 2.24) is 0 Å². The Balaban J connectivity index is 0.000000352. The molecule has 0 aliphatic carbocycles. The highest BCUT2D eigenvalue weighted by atomic mass is 16.5. The molecule has 0 spiro atoms. The van der Waals surface area contributed by atoms with Gasteiger partial charge in [0.1, 0.15) is 0 Å². The zero-order valence-electron chi connectivity index (χ0n) is 17.5. The molecule has 0 fully saturated rings. The van der Waals surface area contributed by atoms with Crippen molar-refractivity contribution < 1.29 is 34.0 Å². The molecule has 0 aliphatic rings. The second kappa shape index (κ2) is 15.3. The molecule has 0 radical (unpaired) electrons. The Morgan fingerprint density at radius 1 is 0.867 bits per heavy atom. The highest BCUT2D eigenvalue weighted by molar-refractivity contribution is 6.09. The van der Waals surface area contributed by atoms with Gasteiger partial charge in [0.2, 0.25) is 0 Å². The van der Waals surface area contributed by atoms with Crippen molar-refractivity contribution in [2.24, 2.45) is 0 Å². The smallest absolute Gasteiger partial charge is 0.310 e. The van der Waals surface area contributed by atoms with Crippen molar-refractivity contribution in [2.45, 2.75) is 12.8 Å². The van der Waals surface area contributed by atoms with Crippen LogP contribution >= 0.6 is 0 Å². The molecule has 1 unspecified atom stereocenters. The maximum Gasteiger partial charge on any atom is 0.310 e. The second-order valence-corrected chi connectivity index (χ2v) is 6.32. The van der Waals surface area contributed by atoms with Crippen molar-refractivity contribution in [1.29, 1.82) is 0 Å². The molecule has 7 nitrogen and oxygen atoms in total. The van der Waals surface area contributed by atoms with Crippen LogP contribution in [0.5, 0.6) is 0 Å². The van der Waals surface area contributed by atoms with Crippen molar-refractivity contribution >= 4 is 11.8 Å². The summed E-state index contributed by atoms with van der Waals surface area (Å²) in [6, 6.07) is 15.7. The van der Waals surface area contributed by atoms with Crippen LogP contribution in [-0.2, 0) is 19.0 Å². The normalized spacial score (nSPS) is 11.3. The highest BCUT2D eigenvalue weighted by Gasteiger charge is 2.16. The number of methoxy groups -OCH3 is 1. The van der Waals surface area contributed by atoms with E-state index in [0.717, 1.165) is 0 Å². The molecule has 0 saturated heterocycles. The van der Waals surface area contributed by atoms with Gasteiger partial charge in [0.25, 0.3) is 0 Å². The molecular formula is C23H30O7. The van der Waals surface area contributed by atoms with E-state index < -0.39 is 11.9 Å². The van der Waals surface area contributed by atoms with Gasteiger partial charge in [0, 0.05) is 18.2 Å². The lowest BCUT2D eigenvalue weighted by molar-refractivity contribution is -0.138. The number of carbonyl (C=O) groups is 2. The summed E-state index contributed by atoms with van der Waals surface area (Å²) in [5.74, 6) is -1.62. The first-order chi connectivity index (χ1) is 14.5. The fourth-order valence-electron chi connectivity index (χ4n) is 2.38. The Morgan fingerprint density at radius 2 is 1.47 bits per heavy atom. The van der Waals surface area contributed by atoms with Crippen molar-refractivity contribution in [3.05, 3.63) is 71.3 Å². The first kappa shape index (κ1) is 25.5. The minimum atomic E-state index is -0.899. The number of rotatable bonds is 12. The van der Waals surface area contributed by atoms with Gasteiger partial charge in [-0.25, -0.2) is 0 Å². The molecule has 0 heterocycles. The number of carboxylic acids is 1. The number of carboxylic acid groups (broad SMARTS) is 1. The third-order valence-corrected chi connectivity index (χ3v) is 4.09. The van der Waals surface area contributed by atoms with Gasteiger partial charge < -0.3 is 24.4 Å². The average Bonchev–Trinajstić information content (AvgIpc) is 2.78. The molecule has 2 N–H and O–H groups in total. The molecule has 0 aliphatic heterocycles. The standard InChI is InChI=1S/C16H14O3.C7H16O4/c1-11(16(18)19)13-8-5-9-14(10-13)15(17)12-6-3-2-4-7-12;1-9-4-5-11-7-6-10-3-2-8/h2-11H,1H3,(H,18,19);8H,2-7H2,1H3. The monoisotopic (exact) mass is 418 g/mol. The molecule has 0 bridgehead atoms. The summed E-state index contributed by atoms with van der Waals surface area (Å²) >= 11 is 0. The number of ketones is 1. The highest BCUT2D eigenvalue weighted by Crippen LogP contribution is 2.18. The molecule has 1 atom stereocenters. The first-order valence-electron chi connectivity index (χ1n) is 9.69. The SMILES string of the molecule is CC(C(=O)O)c1cccc(C(=O)c2ccccc2)c1.COCCOCCOCCO. The fraction of sp³-hybridized carbons (Fsp3) is 0.391. The lowest BCUT2D eigenvalue weighted by atomic mass is 9.96. The Bertz CT molecular complexity index is 738. The summed E-state index contributed by atoms with van der Waals surface area (Å²) in [6.07, 6.45) is 0. The van der Waals surface area contributed by atoms with Crippen LogP contribution in [0.3, 0.4) is 0 Å². The molecule has 2 aromatic carbocycles. The number of hydrogen-bond donors (Lipinski definition) is 2. The van der Waals surface area contributed by atoms with Crippen LogP contribution < -0.4 is 0 Å². The van der Waals surface area contributed by atoms with Gasteiger partial charge in [-0.3, -0.25) is 9.59 Å². The molecule has 30 heavy (non-hydrogen) atoms. The number of aliphatic carboxylic acids is 1. The van der Waals surface area contributed by atoms with Gasteiger partial charge in [0.15, 0.2) is 5.78 Å². The van der Waals surface area contributed by atoms with Crippen molar-refractivity contribution in [3.63, 3.8) is 0 Å². The Kier molecular flexibility index (Phi) is 13.0. The van der Waals surface area contributed by atoms with Gasteiger partial charge in [-0.2, -0.15) is 0 Å². The van der Waals surface area contributed by atoms with E-state index in [9.17, 15) is 9.59 Å².